The minimum absolute atomic E-state index is 0.0649. The number of carboxylic acid groups (broad SMARTS) is 1. The molecule has 7 rings (SSSR count). The number of halogens is 1. The summed E-state index contributed by atoms with van der Waals surface area (Å²) in [5.74, 6) is 0.421. The number of rotatable bonds is 4. The Balaban J connectivity index is 1.41. The molecule has 0 radical (unpaired) electrons. The van der Waals surface area contributed by atoms with Gasteiger partial charge in [-0.2, -0.15) is 0 Å². The smallest absolute Gasteiger partial charge is 0.412 e. The molecule has 1 saturated carbocycles. The predicted molar refractivity (Wildman–Crippen MR) is 174 cm³/mol. The van der Waals surface area contributed by atoms with E-state index in [2.05, 4.69) is 15.2 Å². The summed E-state index contributed by atoms with van der Waals surface area (Å²) in [4.78, 5) is 43.2. The van der Waals surface area contributed by atoms with Gasteiger partial charge >= 0.3 is 12.2 Å². The van der Waals surface area contributed by atoms with Crippen LogP contribution in [0.25, 0.3) is 22.2 Å². The molecule has 2 saturated heterocycles. The monoisotopic (exact) mass is 650 g/mol. The maximum atomic E-state index is 16.9. The average Bonchev–Trinajstić information content (AvgIpc) is 3.77. The van der Waals surface area contributed by atoms with Gasteiger partial charge in [-0.25, -0.2) is 28.9 Å². The Labute approximate surface area is 271 Å². The second-order valence-corrected chi connectivity index (χ2v) is 14.6. The van der Waals surface area contributed by atoms with Crippen molar-refractivity contribution in [2.45, 2.75) is 108 Å². The summed E-state index contributed by atoms with van der Waals surface area (Å²) in [5, 5.41) is 13.8. The van der Waals surface area contributed by atoms with Crippen LogP contribution in [0, 0.1) is 19.7 Å². The molecule has 4 aliphatic rings. The Kier molecular flexibility index (Phi) is 7.26. The van der Waals surface area contributed by atoms with E-state index in [0.29, 0.717) is 52.1 Å². The minimum atomic E-state index is -0.943. The van der Waals surface area contributed by atoms with Gasteiger partial charge in [-0.05, 0) is 102 Å². The summed E-state index contributed by atoms with van der Waals surface area (Å²) in [6.45, 7) is 11.6. The quantitative estimate of drug-likeness (QED) is 0.228. The molecule has 4 atom stereocenters. The van der Waals surface area contributed by atoms with Crippen molar-refractivity contribution in [3.8, 4) is 17.1 Å². The van der Waals surface area contributed by atoms with Crippen molar-refractivity contribution in [1.29, 1.82) is 0 Å². The number of piperazine rings is 1. The normalized spacial score (nSPS) is 23.6. The van der Waals surface area contributed by atoms with Crippen molar-refractivity contribution < 1.29 is 28.6 Å². The van der Waals surface area contributed by atoms with Crippen LogP contribution in [0.3, 0.4) is 0 Å². The summed E-state index contributed by atoms with van der Waals surface area (Å²) in [5.41, 5.74) is 3.23. The molecule has 5 heterocycles. The predicted octanol–water partition coefficient (Wildman–Crippen LogP) is 6.87. The fourth-order valence-electron chi connectivity index (χ4n) is 7.63. The molecule has 2 amide bonds. The molecule has 2 aromatic heterocycles. The fraction of sp³-hybridized carbons (Fsp3) is 0.545. The molecule has 13 heteroatoms. The second kappa shape index (κ2) is 10.9. The van der Waals surface area contributed by atoms with E-state index in [1.165, 1.54) is 11.8 Å². The Morgan fingerprint density at radius 1 is 1.15 bits per heavy atom. The largest absolute Gasteiger partial charge is 0.472 e. The summed E-state index contributed by atoms with van der Waals surface area (Å²) in [6.07, 6.45) is 3.32. The number of aromatic nitrogens is 3. The van der Waals surface area contributed by atoms with Gasteiger partial charge in [-0.1, -0.05) is 11.8 Å². The summed E-state index contributed by atoms with van der Waals surface area (Å²) < 4.78 is 29.1. The first-order valence-corrected chi connectivity index (χ1v) is 17.0. The molecule has 3 aromatic rings. The summed E-state index contributed by atoms with van der Waals surface area (Å²) in [7, 11) is 0. The Morgan fingerprint density at radius 3 is 2.54 bits per heavy atom. The lowest BCUT2D eigenvalue weighted by Gasteiger charge is -2.47. The van der Waals surface area contributed by atoms with Crippen molar-refractivity contribution in [2.75, 3.05) is 23.0 Å². The first kappa shape index (κ1) is 30.8. The van der Waals surface area contributed by atoms with Crippen molar-refractivity contribution >= 4 is 46.4 Å². The third kappa shape index (κ3) is 4.98. The Bertz CT molecular complexity index is 1790. The zero-order valence-electron chi connectivity index (χ0n) is 27.1. The highest BCUT2D eigenvalue weighted by Crippen LogP contribution is 2.50. The molecule has 244 valence electrons. The third-order valence-electron chi connectivity index (χ3n) is 9.58. The van der Waals surface area contributed by atoms with Gasteiger partial charge in [0.15, 0.2) is 11.0 Å². The number of nitrogens with zero attached hydrogens (tertiary/aromatic N) is 5. The van der Waals surface area contributed by atoms with E-state index in [0.717, 1.165) is 30.4 Å². The van der Waals surface area contributed by atoms with E-state index in [-0.39, 0.29) is 35.2 Å². The lowest BCUT2D eigenvalue weighted by molar-refractivity contribution is 0.0634. The van der Waals surface area contributed by atoms with Gasteiger partial charge in [0.25, 0.3) is 0 Å². The summed E-state index contributed by atoms with van der Waals surface area (Å²) in [6, 6.07) is 1.10. The number of ether oxygens (including phenoxy) is 2. The highest BCUT2D eigenvalue weighted by molar-refractivity contribution is 7.98. The van der Waals surface area contributed by atoms with E-state index < -0.39 is 29.7 Å². The molecule has 3 fully saturated rings. The maximum Gasteiger partial charge on any atom is 0.412 e. The number of amides is 2. The minimum Gasteiger partial charge on any atom is -0.472 e. The number of benzene rings is 1. The zero-order valence-corrected chi connectivity index (χ0v) is 27.9. The Morgan fingerprint density at radius 2 is 1.89 bits per heavy atom. The molecule has 3 aliphatic heterocycles. The standard InChI is InChI=1S/C33H39FN6O5S/c1-14-12-19(15(2)24(21(14)17-8-9-17)37-31(41)45-33(4,5)6)25-23(34)26-22-28(38-30(36-26)46-7)39-13-18-10-11-20(40(18)32(42)43)27(39)16(3)44-29(22)35-25/h12,16-18,20,27H,8-11,13H2,1-7H3,(H,37,41)(H,42,43). The molecular weight excluding hydrogens is 611 g/mol. The number of carbonyl (C=O) groups excluding carboxylic acids is 1. The van der Waals surface area contributed by atoms with E-state index >= 15 is 4.39 Å². The van der Waals surface area contributed by atoms with Gasteiger partial charge in [0.2, 0.25) is 5.88 Å². The fourth-order valence-corrected chi connectivity index (χ4v) is 7.99. The molecule has 1 aliphatic carbocycles. The molecule has 2 N–H and O–H groups in total. The number of pyridine rings is 1. The van der Waals surface area contributed by atoms with Crippen molar-refractivity contribution in [1.82, 2.24) is 19.9 Å². The van der Waals surface area contributed by atoms with Gasteiger partial charge in [-0.3, -0.25) is 10.2 Å². The van der Waals surface area contributed by atoms with E-state index in [1.807, 2.05) is 53.9 Å². The van der Waals surface area contributed by atoms with Crippen LogP contribution in [0.2, 0.25) is 0 Å². The van der Waals surface area contributed by atoms with Gasteiger partial charge in [0, 0.05) is 12.1 Å². The second-order valence-electron chi connectivity index (χ2n) is 13.8. The van der Waals surface area contributed by atoms with Crippen LogP contribution >= 0.6 is 11.8 Å². The molecule has 11 nitrogen and oxygen atoms in total. The average molecular weight is 651 g/mol. The van der Waals surface area contributed by atoms with Crippen LogP contribution in [0.4, 0.5) is 25.5 Å². The lowest BCUT2D eigenvalue weighted by Crippen LogP contribution is -2.64. The van der Waals surface area contributed by atoms with Crippen LogP contribution in [0.1, 0.15) is 76.0 Å². The van der Waals surface area contributed by atoms with Gasteiger partial charge in [-0.15, -0.1) is 0 Å². The number of hydrogen-bond donors (Lipinski definition) is 2. The molecule has 0 spiro atoms. The summed E-state index contributed by atoms with van der Waals surface area (Å²) >= 11 is 1.31. The molecular formula is C33H39FN6O5S. The van der Waals surface area contributed by atoms with Crippen LogP contribution in [0.5, 0.6) is 5.88 Å². The van der Waals surface area contributed by atoms with Crippen LogP contribution in [-0.2, 0) is 4.74 Å². The number of aryl methyl sites for hydroxylation is 1. The van der Waals surface area contributed by atoms with E-state index in [9.17, 15) is 14.7 Å². The first-order valence-electron chi connectivity index (χ1n) is 15.8. The molecule has 4 unspecified atom stereocenters. The van der Waals surface area contributed by atoms with Gasteiger partial charge in [0.1, 0.15) is 34.1 Å². The van der Waals surface area contributed by atoms with Gasteiger partial charge < -0.3 is 19.5 Å². The zero-order chi connectivity index (χ0) is 32.8. The van der Waals surface area contributed by atoms with Gasteiger partial charge in [0.05, 0.1) is 23.8 Å². The van der Waals surface area contributed by atoms with E-state index in [1.54, 1.807) is 4.90 Å². The highest BCUT2D eigenvalue weighted by atomic mass is 32.2. The number of carbonyl (C=O) groups is 2. The molecule has 1 aromatic carbocycles. The van der Waals surface area contributed by atoms with Crippen LogP contribution in [-0.4, -0.2) is 79.8 Å². The first-order chi connectivity index (χ1) is 21.8. The number of anilines is 2. The topological polar surface area (TPSA) is 130 Å². The number of nitrogens with one attached hydrogen (secondary N) is 1. The number of fused-ring (bicyclic) bond motifs is 5. The lowest BCUT2D eigenvalue weighted by atomic mass is 9.92. The number of hydrogen-bond acceptors (Lipinski definition) is 9. The van der Waals surface area contributed by atoms with E-state index in [4.69, 9.17) is 19.4 Å². The van der Waals surface area contributed by atoms with Crippen molar-refractivity contribution in [3.05, 3.63) is 28.6 Å². The van der Waals surface area contributed by atoms with Crippen molar-refractivity contribution in [2.24, 2.45) is 0 Å². The molecule has 2 bridgehead atoms. The van der Waals surface area contributed by atoms with Crippen LogP contribution < -0.4 is 15.0 Å². The SMILES string of the molecule is CSc1nc2c3c(nc(-c4cc(C)c(C5CC5)c(NC(=O)OC(C)(C)C)c4C)c(F)c3n1)OC(C)C1C3CCC(CN21)N3C(=O)O. The molecule has 46 heavy (non-hydrogen) atoms. The highest BCUT2D eigenvalue weighted by Gasteiger charge is 2.53. The maximum absolute atomic E-state index is 16.9. The van der Waals surface area contributed by atoms with Crippen molar-refractivity contribution in [3.63, 3.8) is 0 Å². The number of thioether (sulfide) groups is 1. The van der Waals surface area contributed by atoms with Crippen LogP contribution in [0.15, 0.2) is 11.2 Å². The third-order valence-corrected chi connectivity index (χ3v) is 10.1. The Hall–Kier alpha value is -3.87.